The normalized spacial score (nSPS) is 12.7. The Morgan fingerprint density at radius 2 is 1.80 bits per heavy atom. The van der Waals surface area contributed by atoms with Gasteiger partial charge in [0, 0.05) is 11.6 Å². The van der Waals surface area contributed by atoms with Gasteiger partial charge in [-0.1, -0.05) is 73.2 Å². The van der Waals surface area contributed by atoms with Crippen molar-refractivity contribution in [2.24, 2.45) is 5.92 Å². The molecule has 30 heavy (non-hydrogen) atoms. The number of sulfonamides is 1. The molecule has 0 saturated carbocycles. The molecule has 1 aromatic heterocycles. The molecule has 3 rings (SSSR count). The van der Waals surface area contributed by atoms with E-state index in [-0.39, 0.29) is 27.3 Å². The number of aromatic nitrogens is 2. The first-order valence-electron chi connectivity index (χ1n) is 9.53. The minimum absolute atomic E-state index is 0.127. The second kappa shape index (κ2) is 9.46. The number of carbonyl (C=O) groups is 1. The molecule has 1 amide bonds. The highest BCUT2D eigenvalue weighted by molar-refractivity contribution is 7.91. The maximum atomic E-state index is 12.9. The van der Waals surface area contributed by atoms with Gasteiger partial charge in [-0.25, -0.2) is 13.1 Å². The van der Waals surface area contributed by atoms with Crippen LogP contribution in [0.5, 0.6) is 0 Å². The first kappa shape index (κ1) is 22.1. The lowest BCUT2D eigenvalue weighted by Crippen LogP contribution is -2.29. The molecular weight excluding hydrogens is 420 g/mol. The summed E-state index contributed by atoms with van der Waals surface area (Å²) >= 11 is 0.818. The zero-order valence-electron chi connectivity index (χ0n) is 17.0. The molecule has 0 saturated heterocycles. The molecule has 0 aliphatic carbocycles. The molecule has 0 aliphatic heterocycles. The summed E-state index contributed by atoms with van der Waals surface area (Å²) in [5.74, 6) is -0.0785. The predicted octanol–water partition coefficient (Wildman–Crippen LogP) is 4.16. The van der Waals surface area contributed by atoms with Crippen molar-refractivity contribution in [1.29, 1.82) is 0 Å². The van der Waals surface area contributed by atoms with Gasteiger partial charge < -0.3 is 0 Å². The van der Waals surface area contributed by atoms with E-state index in [0.717, 1.165) is 22.5 Å². The fourth-order valence-corrected chi connectivity index (χ4v) is 5.12. The van der Waals surface area contributed by atoms with Crippen molar-refractivity contribution in [3.05, 3.63) is 71.3 Å². The second-order valence-electron chi connectivity index (χ2n) is 7.41. The monoisotopic (exact) mass is 444 g/mol. The summed E-state index contributed by atoms with van der Waals surface area (Å²) in [7, 11) is -3.90. The van der Waals surface area contributed by atoms with Crippen molar-refractivity contribution in [2.45, 2.75) is 37.6 Å². The highest BCUT2D eigenvalue weighted by Gasteiger charge is 2.26. The molecule has 0 bridgehead atoms. The largest absolute Gasteiger partial charge is 0.296 e. The van der Waals surface area contributed by atoms with Crippen LogP contribution in [-0.4, -0.2) is 24.5 Å². The van der Waals surface area contributed by atoms with Crippen LogP contribution < -0.4 is 10.0 Å². The Kier molecular flexibility index (Phi) is 6.96. The van der Waals surface area contributed by atoms with Gasteiger partial charge >= 0.3 is 0 Å². The molecule has 9 heteroatoms. The lowest BCUT2D eigenvalue weighted by Gasteiger charge is -2.20. The number of nitrogens with zero attached hydrogens (tertiary/aromatic N) is 2. The maximum Gasteiger partial charge on any atom is 0.270 e. The molecule has 1 unspecified atom stereocenters. The lowest BCUT2D eigenvalue weighted by molar-refractivity contribution is 0.102. The molecule has 1 heterocycles. The average Bonchev–Trinajstić information content (AvgIpc) is 3.17. The maximum absolute atomic E-state index is 12.9. The van der Waals surface area contributed by atoms with Crippen LogP contribution >= 0.6 is 11.3 Å². The zero-order chi connectivity index (χ0) is 21.7. The van der Waals surface area contributed by atoms with Crippen LogP contribution in [-0.2, 0) is 10.0 Å². The third-order valence-electron chi connectivity index (χ3n) is 4.34. The molecule has 0 fully saturated rings. The van der Waals surface area contributed by atoms with Gasteiger partial charge in [-0.2, -0.15) is 0 Å². The quantitative estimate of drug-likeness (QED) is 0.508. The van der Waals surface area contributed by atoms with Gasteiger partial charge in [-0.05, 0) is 37.0 Å². The van der Waals surface area contributed by atoms with E-state index in [0.29, 0.717) is 12.0 Å². The van der Waals surface area contributed by atoms with E-state index in [2.05, 4.69) is 20.2 Å². The summed E-state index contributed by atoms with van der Waals surface area (Å²) in [6.45, 7) is 5.96. The van der Waals surface area contributed by atoms with Gasteiger partial charge in [-0.3, -0.25) is 10.1 Å². The van der Waals surface area contributed by atoms with Crippen LogP contribution in [0.25, 0.3) is 0 Å². The van der Waals surface area contributed by atoms with Crippen molar-refractivity contribution < 1.29 is 13.2 Å². The Balaban J connectivity index is 1.76. The van der Waals surface area contributed by atoms with Crippen LogP contribution in [0.4, 0.5) is 5.13 Å². The number of rotatable bonds is 8. The Labute approximate surface area is 180 Å². The fourth-order valence-electron chi connectivity index (χ4n) is 2.97. The molecule has 158 valence electrons. The highest BCUT2D eigenvalue weighted by atomic mass is 32.2. The Morgan fingerprint density at radius 3 is 2.47 bits per heavy atom. The molecule has 0 aliphatic rings. The summed E-state index contributed by atoms with van der Waals surface area (Å²) < 4.78 is 28.3. The number of hydrogen-bond acceptors (Lipinski definition) is 6. The van der Waals surface area contributed by atoms with Crippen molar-refractivity contribution >= 4 is 32.4 Å². The van der Waals surface area contributed by atoms with Gasteiger partial charge in [0.05, 0.1) is 0 Å². The zero-order valence-corrected chi connectivity index (χ0v) is 18.6. The number of nitrogens with one attached hydrogen (secondary N) is 2. The van der Waals surface area contributed by atoms with Crippen LogP contribution in [0.1, 0.15) is 47.8 Å². The van der Waals surface area contributed by atoms with Gasteiger partial charge in [0.25, 0.3) is 15.9 Å². The van der Waals surface area contributed by atoms with E-state index in [9.17, 15) is 13.2 Å². The Morgan fingerprint density at radius 1 is 1.07 bits per heavy atom. The third kappa shape index (κ3) is 5.71. The number of carbonyl (C=O) groups excluding carboxylic acids is 1. The fraction of sp³-hybridized carbons (Fsp3) is 0.286. The summed E-state index contributed by atoms with van der Waals surface area (Å²) in [6, 6.07) is 16.1. The molecule has 1 atom stereocenters. The number of amides is 1. The Hall–Kier alpha value is -2.62. The van der Waals surface area contributed by atoms with Crippen molar-refractivity contribution in [1.82, 2.24) is 14.9 Å². The SMILES string of the molecule is Cc1cccc(C(=O)Nc2nnc(S(=O)(=O)NC(CC(C)C)c3ccccc3)s2)c1. The first-order chi connectivity index (χ1) is 14.2. The highest BCUT2D eigenvalue weighted by Crippen LogP contribution is 2.26. The van der Waals surface area contributed by atoms with Crippen LogP contribution in [0.15, 0.2) is 58.9 Å². The van der Waals surface area contributed by atoms with Crippen LogP contribution in [0.3, 0.4) is 0 Å². The number of benzene rings is 2. The topological polar surface area (TPSA) is 101 Å². The van der Waals surface area contributed by atoms with Crippen molar-refractivity contribution in [3.63, 3.8) is 0 Å². The smallest absolute Gasteiger partial charge is 0.270 e. The minimum Gasteiger partial charge on any atom is -0.296 e. The number of anilines is 1. The summed E-state index contributed by atoms with van der Waals surface area (Å²) in [5.41, 5.74) is 2.30. The summed E-state index contributed by atoms with van der Waals surface area (Å²) in [6.07, 6.45) is 0.638. The number of hydrogen-bond donors (Lipinski definition) is 2. The average molecular weight is 445 g/mol. The number of aryl methyl sites for hydroxylation is 1. The third-order valence-corrected chi connectivity index (χ3v) is 7.02. The lowest BCUT2D eigenvalue weighted by atomic mass is 9.98. The van der Waals surface area contributed by atoms with E-state index in [1.165, 1.54) is 0 Å². The summed E-state index contributed by atoms with van der Waals surface area (Å²) in [5, 5.41) is 10.3. The van der Waals surface area contributed by atoms with E-state index < -0.39 is 10.0 Å². The molecule has 2 N–H and O–H groups in total. The molecular formula is C21H24N4O3S2. The van der Waals surface area contributed by atoms with E-state index in [4.69, 9.17) is 0 Å². The van der Waals surface area contributed by atoms with Gasteiger partial charge in [0.1, 0.15) is 0 Å². The molecule has 0 spiro atoms. The van der Waals surface area contributed by atoms with E-state index in [1.54, 1.807) is 18.2 Å². The second-order valence-corrected chi connectivity index (χ2v) is 10.3. The van der Waals surface area contributed by atoms with Gasteiger partial charge in [-0.15, -0.1) is 10.2 Å². The minimum atomic E-state index is -3.90. The standard InChI is InChI=1S/C21H24N4O3S2/c1-14(2)12-18(16-9-5-4-6-10-16)25-30(27,28)21-24-23-20(29-21)22-19(26)17-11-7-8-15(3)13-17/h4-11,13-14,18,25H,12H2,1-3H3,(H,22,23,26). The predicted molar refractivity (Wildman–Crippen MR) is 118 cm³/mol. The summed E-state index contributed by atoms with van der Waals surface area (Å²) in [4.78, 5) is 12.4. The Bertz CT molecular complexity index is 1110. The molecule has 7 nitrogen and oxygen atoms in total. The van der Waals surface area contributed by atoms with Crippen molar-refractivity contribution in [2.75, 3.05) is 5.32 Å². The molecule has 0 radical (unpaired) electrons. The van der Waals surface area contributed by atoms with E-state index in [1.807, 2.05) is 57.2 Å². The van der Waals surface area contributed by atoms with Crippen LogP contribution in [0, 0.1) is 12.8 Å². The van der Waals surface area contributed by atoms with Crippen molar-refractivity contribution in [3.8, 4) is 0 Å². The van der Waals surface area contributed by atoms with Gasteiger partial charge in [0.2, 0.25) is 9.47 Å². The van der Waals surface area contributed by atoms with Gasteiger partial charge in [0.15, 0.2) is 0 Å². The first-order valence-corrected chi connectivity index (χ1v) is 11.8. The van der Waals surface area contributed by atoms with Crippen LogP contribution in [0.2, 0.25) is 0 Å². The van der Waals surface area contributed by atoms with E-state index >= 15 is 0 Å². The molecule has 2 aromatic carbocycles. The molecule has 3 aromatic rings.